The molecule has 2 aromatic rings. The number of rotatable bonds is 5. The molecular formula is C15H17BrN2OS. The van der Waals surface area contributed by atoms with Crippen molar-refractivity contribution in [3.63, 3.8) is 0 Å². The van der Waals surface area contributed by atoms with Crippen LogP contribution in [0.5, 0.6) is 0 Å². The molecule has 1 N–H and O–H groups in total. The zero-order chi connectivity index (χ0) is 14.5. The Morgan fingerprint density at radius 1 is 1.30 bits per heavy atom. The van der Waals surface area contributed by atoms with Crippen molar-refractivity contribution in [3.8, 4) is 0 Å². The van der Waals surface area contributed by atoms with Gasteiger partial charge >= 0.3 is 0 Å². The SMILES string of the molecule is CN(C)C(CNC(=O)c1ccccc1Br)c1cccs1. The average Bonchev–Trinajstić information content (AvgIpc) is 2.92. The molecule has 1 amide bonds. The predicted octanol–water partition coefficient (Wildman–Crippen LogP) is 3.54. The van der Waals surface area contributed by atoms with Crippen LogP contribution in [0.3, 0.4) is 0 Å². The van der Waals surface area contributed by atoms with Gasteiger partial charge in [0, 0.05) is 15.9 Å². The van der Waals surface area contributed by atoms with Crippen LogP contribution in [0.1, 0.15) is 21.3 Å². The molecule has 0 aliphatic carbocycles. The molecule has 20 heavy (non-hydrogen) atoms. The van der Waals surface area contributed by atoms with Crippen molar-refractivity contribution in [1.29, 1.82) is 0 Å². The summed E-state index contributed by atoms with van der Waals surface area (Å²) in [6.07, 6.45) is 0. The molecular weight excluding hydrogens is 336 g/mol. The van der Waals surface area contributed by atoms with Crippen molar-refractivity contribution >= 4 is 33.2 Å². The predicted molar refractivity (Wildman–Crippen MR) is 87.2 cm³/mol. The topological polar surface area (TPSA) is 32.3 Å². The zero-order valence-corrected chi connectivity index (χ0v) is 13.9. The first-order valence-electron chi connectivity index (χ1n) is 6.32. The van der Waals surface area contributed by atoms with Gasteiger partial charge in [0.2, 0.25) is 0 Å². The van der Waals surface area contributed by atoms with E-state index in [0.717, 1.165) is 4.47 Å². The van der Waals surface area contributed by atoms with E-state index in [1.54, 1.807) is 11.3 Å². The van der Waals surface area contributed by atoms with Gasteiger partial charge in [-0.3, -0.25) is 4.79 Å². The van der Waals surface area contributed by atoms with E-state index in [9.17, 15) is 4.79 Å². The molecule has 0 saturated carbocycles. The standard InChI is InChI=1S/C15H17BrN2OS/c1-18(2)13(14-8-5-9-20-14)10-17-15(19)11-6-3-4-7-12(11)16/h3-9,13H,10H2,1-2H3,(H,17,19). The fourth-order valence-electron chi connectivity index (χ4n) is 1.95. The van der Waals surface area contributed by atoms with Crippen molar-refractivity contribution in [3.05, 3.63) is 56.7 Å². The van der Waals surface area contributed by atoms with Gasteiger partial charge in [0.1, 0.15) is 0 Å². The smallest absolute Gasteiger partial charge is 0.252 e. The third kappa shape index (κ3) is 3.69. The quantitative estimate of drug-likeness (QED) is 0.892. The van der Waals surface area contributed by atoms with Crippen LogP contribution in [0.4, 0.5) is 0 Å². The number of likely N-dealkylation sites (N-methyl/N-ethyl adjacent to an activating group) is 1. The number of amides is 1. The summed E-state index contributed by atoms with van der Waals surface area (Å²) in [6, 6.07) is 11.8. The molecule has 3 nitrogen and oxygen atoms in total. The van der Waals surface area contributed by atoms with Gasteiger partial charge in [-0.15, -0.1) is 11.3 Å². The van der Waals surface area contributed by atoms with E-state index < -0.39 is 0 Å². The summed E-state index contributed by atoms with van der Waals surface area (Å²) in [4.78, 5) is 15.6. The van der Waals surface area contributed by atoms with Gasteiger partial charge in [-0.05, 0) is 53.6 Å². The van der Waals surface area contributed by atoms with Gasteiger partial charge < -0.3 is 10.2 Å². The van der Waals surface area contributed by atoms with Crippen LogP contribution in [0, 0.1) is 0 Å². The molecule has 2 rings (SSSR count). The summed E-state index contributed by atoms with van der Waals surface area (Å²) in [7, 11) is 4.05. The molecule has 0 radical (unpaired) electrons. The lowest BCUT2D eigenvalue weighted by Crippen LogP contribution is -2.34. The molecule has 1 aromatic carbocycles. The van der Waals surface area contributed by atoms with Crippen molar-refractivity contribution < 1.29 is 4.79 Å². The Hall–Kier alpha value is -1.17. The lowest BCUT2D eigenvalue weighted by Gasteiger charge is -2.23. The summed E-state index contributed by atoms with van der Waals surface area (Å²) >= 11 is 5.11. The molecule has 106 valence electrons. The summed E-state index contributed by atoms with van der Waals surface area (Å²) < 4.78 is 0.815. The molecule has 0 fully saturated rings. The lowest BCUT2D eigenvalue weighted by atomic mass is 10.2. The van der Waals surface area contributed by atoms with Crippen molar-refractivity contribution in [2.75, 3.05) is 20.6 Å². The number of benzene rings is 1. The number of hydrogen-bond donors (Lipinski definition) is 1. The Morgan fingerprint density at radius 3 is 2.65 bits per heavy atom. The molecule has 0 aliphatic heterocycles. The van der Waals surface area contributed by atoms with E-state index in [-0.39, 0.29) is 11.9 Å². The van der Waals surface area contributed by atoms with E-state index in [1.807, 2.05) is 44.4 Å². The Kier molecular flexibility index (Phi) is 5.34. The lowest BCUT2D eigenvalue weighted by molar-refractivity contribution is 0.0941. The van der Waals surface area contributed by atoms with Crippen LogP contribution in [0.25, 0.3) is 0 Å². The van der Waals surface area contributed by atoms with Gasteiger partial charge in [-0.2, -0.15) is 0 Å². The van der Waals surface area contributed by atoms with Crippen LogP contribution in [-0.4, -0.2) is 31.4 Å². The highest BCUT2D eigenvalue weighted by atomic mass is 79.9. The second-order valence-corrected chi connectivity index (χ2v) is 6.52. The number of carbonyl (C=O) groups is 1. The van der Waals surface area contributed by atoms with Gasteiger partial charge in [0.25, 0.3) is 5.91 Å². The van der Waals surface area contributed by atoms with E-state index in [4.69, 9.17) is 0 Å². The third-order valence-electron chi connectivity index (χ3n) is 3.07. The minimum Gasteiger partial charge on any atom is -0.350 e. The molecule has 0 aliphatic rings. The van der Waals surface area contributed by atoms with Gasteiger partial charge in [0.15, 0.2) is 0 Å². The Balaban J connectivity index is 2.03. The van der Waals surface area contributed by atoms with Crippen LogP contribution < -0.4 is 5.32 Å². The van der Waals surface area contributed by atoms with Crippen LogP contribution in [-0.2, 0) is 0 Å². The minimum atomic E-state index is -0.0547. The summed E-state index contributed by atoms with van der Waals surface area (Å²) in [5, 5.41) is 5.06. The van der Waals surface area contributed by atoms with Crippen molar-refractivity contribution in [2.24, 2.45) is 0 Å². The number of thiophene rings is 1. The summed E-state index contributed by atoms with van der Waals surface area (Å²) in [6.45, 7) is 0.591. The average molecular weight is 353 g/mol. The molecule has 0 saturated heterocycles. The number of hydrogen-bond acceptors (Lipinski definition) is 3. The molecule has 1 atom stereocenters. The van der Waals surface area contributed by atoms with Crippen molar-refractivity contribution in [1.82, 2.24) is 10.2 Å². The maximum Gasteiger partial charge on any atom is 0.252 e. The zero-order valence-electron chi connectivity index (χ0n) is 11.5. The van der Waals surface area contributed by atoms with Crippen LogP contribution in [0.15, 0.2) is 46.3 Å². The largest absolute Gasteiger partial charge is 0.350 e. The van der Waals surface area contributed by atoms with Crippen LogP contribution in [0.2, 0.25) is 0 Å². The van der Waals surface area contributed by atoms with Crippen LogP contribution >= 0.6 is 27.3 Å². The Morgan fingerprint density at radius 2 is 2.05 bits per heavy atom. The van der Waals surface area contributed by atoms with Crippen molar-refractivity contribution in [2.45, 2.75) is 6.04 Å². The Bertz CT molecular complexity index is 569. The molecule has 1 aromatic heterocycles. The number of nitrogens with zero attached hydrogens (tertiary/aromatic N) is 1. The first kappa shape index (κ1) is 15.2. The Labute approximate surface area is 131 Å². The summed E-state index contributed by atoms with van der Waals surface area (Å²) in [5.74, 6) is -0.0547. The third-order valence-corrected chi connectivity index (χ3v) is 4.73. The minimum absolute atomic E-state index is 0.0547. The van der Waals surface area contributed by atoms with Gasteiger partial charge in [-0.1, -0.05) is 18.2 Å². The molecule has 1 unspecified atom stereocenters. The van der Waals surface area contributed by atoms with E-state index >= 15 is 0 Å². The van der Waals surface area contributed by atoms with E-state index in [0.29, 0.717) is 12.1 Å². The van der Waals surface area contributed by atoms with Gasteiger partial charge in [0.05, 0.1) is 11.6 Å². The summed E-state index contributed by atoms with van der Waals surface area (Å²) in [5.41, 5.74) is 0.663. The number of halogens is 1. The highest BCUT2D eigenvalue weighted by Gasteiger charge is 2.17. The highest BCUT2D eigenvalue weighted by molar-refractivity contribution is 9.10. The second-order valence-electron chi connectivity index (χ2n) is 4.68. The fourth-order valence-corrected chi connectivity index (χ4v) is 3.34. The number of nitrogens with one attached hydrogen (secondary N) is 1. The normalized spacial score (nSPS) is 12.4. The monoisotopic (exact) mass is 352 g/mol. The highest BCUT2D eigenvalue weighted by Crippen LogP contribution is 2.22. The first-order valence-corrected chi connectivity index (χ1v) is 7.99. The van der Waals surface area contributed by atoms with E-state index in [1.165, 1.54) is 4.88 Å². The first-order chi connectivity index (χ1) is 9.59. The maximum atomic E-state index is 12.2. The van der Waals surface area contributed by atoms with E-state index in [2.05, 4.69) is 37.6 Å². The second kappa shape index (κ2) is 7.02. The molecule has 1 heterocycles. The molecule has 0 bridgehead atoms. The fraction of sp³-hybridized carbons (Fsp3) is 0.267. The molecule has 0 spiro atoms. The molecule has 5 heteroatoms. The number of carbonyl (C=O) groups excluding carboxylic acids is 1. The van der Waals surface area contributed by atoms with Gasteiger partial charge in [-0.25, -0.2) is 0 Å². The maximum absolute atomic E-state index is 12.2.